The second kappa shape index (κ2) is 7.92. The zero-order valence-electron chi connectivity index (χ0n) is 12.2. The largest absolute Gasteiger partial charge is 0.390 e. The van der Waals surface area contributed by atoms with Gasteiger partial charge in [0.2, 0.25) is 6.41 Å². The molecule has 3 unspecified atom stereocenters. The maximum absolute atomic E-state index is 10.9. The van der Waals surface area contributed by atoms with E-state index >= 15 is 0 Å². The Balaban J connectivity index is 1.79. The molecule has 8 nitrogen and oxygen atoms in total. The van der Waals surface area contributed by atoms with Crippen LogP contribution in [0.5, 0.6) is 0 Å². The van der Waals surface area contributed by atoms with E-state index in [0.29, 0.717) is 25.4 Å². The molecular weight excluding hydrogens is 435 g/mol. The smallest absolute Gasteiger partial charge is 0.214 e. The van der Waals surface area contributed by atoms with E-state index in [1.807, 2.05) is 25.8 Å². The molecule has 2 aliphatic heterocycles. The van der Waals surface area contributed by atoms with E-state index in [1.165, 1.54) is 20.5 Å². The number of fused-ring (bicyclic) bond motifs is 1. The van der Waals surface area contributed by atoms with E-state index in [-0.39, 0.29) is 12.3 Å². The van der Waals surface area contributed by atoms with Gasteiger partial charge in [-0.3, -0.25) is 9.36 Å². The molecule has 10 heteroatoms. The van der Waals surface area contributed by atoms with Gasteiger partial charge in [0, 0.05) is 34.2 Å². The Hall–Kier alpha value is -0.690. The van der Waals surface area contributed by atoms with E-state index in [1.54, 1.807) is 6.33 Å². The number of imidazole rings is 1. The molecule has 1 fully saturated rings. The summed E-state index contributed by atoms with van der Waals surface area (Å²) in [5.74, 6) is 0.679. The summed E-state index contributed by atoms with van der Waals surface area (Å²) in [6.07, 6.45) is 4.69. The average Bonchev–Trinajstić information content (AvgIpc) is 3.08. The van der Waals surface area contributed by atoms with Gasteiger partial charge in [-0.25, -0.2) is 9.98 Å². The lowest BCUT2D eigenvalue weighted by molar-refractivity contribution is -0.114. The summed E-state index contributed by atoms with van der Waals surface area (Å²) < 4.78 is 13.0. The van der Waals surface area contributed by atoms with Gasteiger partial charge in [-0.2, -0.15) is 0 Å². The summed E-state index contributed by atoms with van der Waals surface area (Å²) in [6, 6.07) is 0. The van der Waals surface area contributed by atoms with Crippen LogP contribution in [0.15, 0.2) is 11.3 Å². The van der Waals surface area contributed by atoms with E-state index < -0.39 is 6.10 Å². The van der Waals surface area contributed by atoms with Gasteiger partial charge in [0.15, 0.2) is 5.82 Å². The monoisotopic (exact) mass is 452 g/mol. The van der Waals surface area contributed by atoms with Crippen molar-refractivity contribution in [1.29, 1.82) is 0 Å². The van der Waals surface area contributed by atoms with E-state index in [9.17, 15) is 9.90 Å². The Morgan fingerprint density at radius 3 is 3.26 bits per heavy atom. The predicted octanol–water partition coefficient (Wildman–Crippen LogP) is 1.61. The average molecular weight is 452 g/mol. The van der Waals surface area contributed by atoms with Crippen molar-refractivity contribution in [2.75, 3.05) is 13.2 Å². The Morgan fingerprint density at radius 2 is 2.48 bits per heavy atom. The van der Waals surface area contributed by atoms with Crippen molar-refractivity contribution < 1.29 is 18.8 Å². The first kappa shape index (κ1) is 17.1. The van der Waals surface area contributed by atoms with Crippen LogP contribution in [0.2, 0.25) is 0 Å². The lowest BCUT2D eigenvalue weighted by Crippen LogP contribution is -2.25. The number of ether oxygens (including phenoxy) is 1. The number of carbonyl (C=O) groups excluding carboxylic acids is 1. The molecule has 0 aromatic carbocycles. The molecule has 0 aliphatic carbocycles. The van der Waals surface area contributed by atoms with Crippen LogP contribution in [0.25, 0.3) is 0 Å². The molecule has 3 atom stereocenters. The normalized spacial score (nSPS) is 29.0. The minimum atomic E-state index is -0.592. The summed E-state index contributed by atoms with van der Waals surface area (Å²) in [7, 11) is 1.22. The number of aliphatic hydroxyl groups is 1. The number of aliphatic hydroxyl groups excluding tert-OH is 1. The standard InChI is InChI=1S/C13H17IN4O4S/c14-23-21-5-11-10(20)4-12(22-11)18-7-15-9-2-1-3-17(8-19)6-16-13(9)18/h6-8,10-12,20H,1-5H2/b16-6-. The summed E-state index contributed by atoms with van der Waals surface area (Å²) in [6.45, 7) is 0.954. The van der Waals surface area contributed by atoms with Gasteiger partial charge in [0.1, 0.15) is 12.3 Å². The third-order valence-electron chi connectivity index (χ3n) is 3.93. The van der Waals surface area contributed by atoms with Crippen molar-refractivity contribution in [1.82, 2.24) is 14.5 Å². The molecule has 1 N–H and O–H groups in total. The molecule has 0 spiro atoms. The molecule has 23 heavy (non-hydrogen) atoms. The topological polar surface area (TPSA) is 89.2 Å². The highest BCUT2D eigenvalue weighted by atomic mass is 127. The second-order valence-corrected chi connectivity index (χ2v) is 6.83. The van der Waals surface area contributed by atoms with E-state index in [0.717, 1.165) is 24.9 Å². The molecular formula is C13H17IN4O4S. The molecule has 1 aromatic rings. The zero-order valence-corrected chi connectivity index (χ0v) is 15.2. The highest BCUT2D eigenvalue weighted by Crippen LogP contribution is 2.34. The summed E-state index contributed by atoms with van der Waals surface area (Å²) in [5.41, 5.74) is 0.882. The molecule has 0 saturated carbocycles. The van der Waals surface area contributed by atoms with Gasteiger partial charge >= 0.3 is 0 Å². The molecule has 0 bridgehead atoms. The number of nitrogens with zero attached hydrogens (tertiary/aromatic N) is 4. The SMILES string of the molecule is O=CN1/C=N\c2c(ncn2C2CC(O)C(COSI)O2)CCC1. The Kier molecular flexibility index (Phi) is 5.91. The fraction of sp³-hybridized carbons (Fsp3) is 0.615. The molecule has 1 aromatic heterocycles. The van der Waals surface area contributed by atoms with E-state index in [2.05, 4.69) is 9.98 Å². The number of aliphatic imine (C=N–C) groups is 1. The number of hydrogen-bond acceptors (Lipinski definition) is 7. The summed E-state index contributed by atoms with van der Waals surface area (Å²) in [5, 5.41) is 10.1. The van der Waals surface area contributed by atoms with Crippen molar-refractivity contribution in [3.63, 3.8) is 0 Å². The Labute approximate surface area is 150 Å². The van der Waals surface area contributed by atoms with E-state index in [4.69, 9.17) is 8.92 Å². The first-order chi connectivity index (χ1) is 11.2. The van der Waals surface area contributed by atoms with Crippen LogP contribution in [0.3, 0.4) is 0 Å². The molecule has 1 saturated heterocycles. The summed E-state index contributed by atoms with van der Waals surface area (Å²) >= 11 is 2.03. The minimum absolute atomic E-state index is 0.324. The van der Waals surface area contributed by atoms with Crippen molar-refractivity contribution in [2.24, 2.45) is 4.99 Å². The molecule has 3 rings (SSSR count). The highest BCUT2D eigenvalue weighted by Gasteiger charge is 2.36. The van der Waals surface area contributed by atoms with Crippen LogP contribution in [-0.4, -0.2) is 57.7 Å². The number of halogens is 1. The molecule has 3 heterocycles. The van der Waals surface area contributed by atoms with Gasteiger partial charge in [0.05, 0.1) is 40.3 Å². The first-order valence-electron chi connectivity index (χ1n) is 7.27. The summed E-state index contributed by atoms with van der Waals surface area (Å²) in [4.78, 5) is 21.3. The van der Waals surface area contributed by atoms with Crippen LogP contribution in [0.4, 0.5) is 5.82 Å². The fourth-order valence-corrected chi connectivity index (χ4v) is 3.37. The van der Waals surface area contributed by atoms with Gasteiger partial charge < -0.3 is 18.9 Å². The number of aryl methyl sites for hydroxylation is 1. The maximum atomic E-state index is 10.9. The zero-order chi connectivity index (χ0) is 16.2. The molecule has 0 radical (unpaired) electrons. The third kappa shape index (κ3) is 3.87. The third-order valence-corrected chi connectivity index (χ3v) is 4.91. The van der Waals surface area contributed by atoms with Gasteiger partial charge in [-0.05, 0) is 12.8 Å². The van der Waals surface area contributed by atoms with Gasteiger partial charge in [-0.15, -0.1) is 0 Å². The van der Waals surface area contributed by atoms with Crippen molar-refractivity contribution >= 4 is 49.0 Å². The van der Waals surface area contributed by atoms with Crippen molar-refractivity contribution in [3.05, 3.63) is 12.0 Å². The number of carbonyl (C=O) groups is 1. The Morgan fingerprint density at radius 1 is 1.61 bits per heavy atom. The highest BCUT2D eigenvalue weighted by molar-refractivity contribution is 14.2. The molecule has 2 aliphatic rings. The lowest BCUT2D eigenvalue weighted by Gasteiger charge is -2.17. The van der Waals surface area contributed by atoms with Crippen LogP contribution in [0.1, 0.15) is 24.8 Å². The number of hydrogen-bond donors (Lipinski definition) is 1. The molecule has 126 valence electrons. The van der Waals surface area contributed by atoms with Gasteiger partial charge in [-0.1, -0.05) is 0 Å². The predicted molar refractivity (Wildman–Crippen MR) is 93.6 cm³/mol. The van der Waals surface area contributed by atoms with Crippen molar-refractivity contribution in [3.8, 4) is 0 Å². The lowest BCUT2D eigenvalue weighted by atomic mass is 10.2. The van der Waals surface area contributed by atoms with Crippen molar-refractivity contribution in [2.45, 2.75) is 37.7 Å². The number of rotatable bonds is 5. The molecule has 1 amide bonds. The maximum Gasteiger partial charge on any atom is 0.214 e. The fourth-order valence-electron chi connectivity index (χ4n) is 2.75. The van der Waals surface area contributed by atoms with Crippen LogP contribution in [-0.2, 0) is 20.1 Å². The van der Waals surface area contributed by atoms with Crippen LogP contribution in [0, 0.1) is 0 Å². The minimum Gasteiger partial charge on any atom is -0.390 e. The second-order valence-electron chi connectivity index (χ2n) is 5.39. The first-order valence-corrected chi connectivity index (χ1v) is 10.6. The Bertz CT molecular complexity index is 584. The van der Waals surface area contributed by atoms with Crippen LogP contribution >= 0.6 is 30.4 Å². The van der Waals surface area contributed by atoms with Crippen LogP contribution < -0.4 is 0 Å². The number of aromatic nitrogens is 2. The quantitative estimate of drug-likeness (QED) is 0.415. The van der Waals surface area contributed by atoms with Gasteiger partial charge in [0.25, 0.3) is 0 Å². The number of amides is 1.